The fourth-order valence-corrected chi connectivity index (χ4v) is 2.97. The van der Waals surface area contributed by atoms with Gasteiger partial charge in [-0.3, -0.25) is 9.20 Å². The van der Waals surface area contributed by atoms with Crippen molar-refractivity contribution in [3.8, 4) is 0 Å². The number of aromatic nitrogens is 3. The summed E-state index contributed by atoms with van der Waals surface area (Å²) in [5, 5.41) is 11.9. The second-order valence-electron chi connectivity index (χ2n) is 4.23. The number of fused-ring (bicyclic) bond motifs is 1. The van der Waals surface area contributed by atoms with E-state index in [1.165, 1.54) is 11.8 Å². The molecule has 2 aromatic rings. The number of carbonyl (C=O) groups is 1. The van der Waals surface area contributed by atoms with E-state index in [4.69, 9.17) is 27.9 Å². The van der Waals surface area contributed by atoms with Crippen LogP contribution < -0.4 is 5.32 Å². The van der Waals surface area contributed by atoms with Crippen LogP contribution in [0.15, 0.2) is 17.4 Å². The summed E-state index contributed by atoms with van der Waals surface area (Å²) in [5.41, 5.74) is 0.510. The van der Waals surface area contributed by atoms with Gasteiger partial charge in [-0.15, -0.1) is 10.2 Å². The summed E-state index contributed by atoms with van der Waals surface area (Å²) in [7, 11) is 1.58. The van der Waals surface area contributed by atoms with Crippen molar-refractivity contribution in [1.82, 2.24) is 19.9 Å². The van der Waals surface area contributed by atoms with Crippen LogP contribution in [0.25, 0.3) is 5.65 Å². The summed E-state index contributed by atoms with van der Waals surface area (Å²) in [5.74, 6) is -0.0954. The van der Waals surface area contributed by atoms with Crippen LogP contribution in [-0.2, 0) is 9.53 Å². The molecule has 0 radical (unpaired) electrons. The van der Waals surface area contributed by atoms with Crippen LogP contribution in [0.4, 0.5) is 0 Å². The number of thioether (sulfide) groups is 1. The highest BCUT2D eigenvalue weighted by Gasteiger charge is 2.18. The second-order valence-corrected chi connectivity index (χ2v) is 6.38. The quantitative estimate of drug-likeness (QED) is 0.640. The molecule has 1 N–H and O–H groups in total. The molecule has 0 fully saturated rings. The average Bonchev–Trinajstić information content (AvgIpc) is 2.82. The normalized spacial score (nSPS) is 12.6. The largest absolute Gasteiger partial charge is 0.383 e. The molecule has 0 spiro atoms. The lowest BCUT2D eigenvalue weighted by Gasteiger charge is -2.10. The predicted octanol–water partition coefficient (Wildman–Crippen LogP) is 2.28. The highest BCUT2D eigenvalue weighted by molar-refractivity contribution is 8.00. The number of halogens is 2. The van der Waals surface area contributed by atoms with Crippen molar-refractivity contribution in [2.24, 2.45) is 0 Å². The molecule has 0 saturated carbocycles. The Morgan fingerprint density at radius 1 is 1.52 bits per heavy atom. The van der Waals surface area contributed by atoms with E-state index in [-0.39, 0.29) is 11.2 Å². The zero-order chi connectivity index (χ0) is 15.4. The molecule has 0 aliphatic carbocycles. The van der Waals surface area contributed by atoms with E-state index in [1.807, 2.05) is 0 Å². The van der Waals surface area contributed by atoms with Crippen LogP contribution in [0.5, 0.6) is 0 Å². The number of nitrogens with zero attached hydrogens (tertiary/aromatic N) is 3. The Bertz CT molecular complexity index is 649. The number of rotatable bonds is 6. The third kappa shape index (κ3) is 4.00. The minimum absolute atomic E-state index is 0.0954. The lowest BCUT2D eigenvalue weighted by molar-refractivity contribution is -0.120. The van der Waals surface area contributed by atoms with E-state index >= 15 is 0 Å². The summed E-state index contributed by atoms with van der Waals surface area (Å²) in [6.07, 6.45) is 1.67. The molecular formula is C12H14Cl2N4O2S. The Balaban J connectivity index is 2.11. The third-order valence-corrected chi connectivity index (χ3v) is 4.19. The minimum atomic E-state index is -0.327. The number of pyridine rings is 1. The summed E-state index contributed by atoms with van der Waals surface area (Å²) < 4.78 is 6.56. The smallest absolute Gasteiger partial charge is 0.233 e. The molecule has 0 saturated heterocycles. The van der Waals surface area contributed by atoms with E-state index in [0.29, 0.717) is 34.0 Å². The molecule has 0 aromatic carbocycles. The highest BCUT2D eigenvalue weighted by atomic mass is 35.5. The van der Waals surface area contributed by atoms with Gasteiger partial charge in [0.05, 0.1) is 21.9 Å². The number of methoxy groups -OCH3 is 1. The number of ether oxygens (including phenoxy) is 1. The Morgan fingerprint density at radius 3 is 3.00 bits per heavy atom. The Hall–Kier alpha value is -1.02. The van der Waals surface area contributed by atoms with Gasteiger partial charge in [0, 0.05) is 19.9 Å². The van der Waals surface area contributed by atoms with E-state index < -0.39 is 0 Å². The van der Waals surface area contributed by atoms with E-state index in [0.717, 1.165) is 0 Å². The lowest BCUT2D eigenvalue weighted by Crippen LogP contribution is -2.33. The van der Waals surface area contributed by atoms with Gasteiger partial charge in [0.1, 0.15) is 0 Å². The van der Waals surface area contributed by atoms with Crippen LogP contribution >= 0.6 is 35.0 Å². The van der Waals surface area contributed by atoms with Crippen molar-refractivity contribution in [2.45, 2.75) is 17.3 Å². The molecule has 2 aromatic heterocycles. The Morgan fingerprint density at radius 2 is 2.29 bits per heavy atom. The van der Waals surface area contributed by atoms with E-state index in [1.54, 1.807) is 30.7 Å². The summed E-state index contributed by atoms with van der Waals surface area (Å²) >= 11 is 13.3. The fourth-order valence-electron chi connectivity index (χ4n) is 1.61. The molecule has 0 aliphatic rings. The van der Waals surface area contributed by atoms with Gasteiger partial charge in [-0.05, 0) is 13.0 Å². The van der Waals surface area contributed by atoms with Crippen LogP contribution in [0.2, 0.25) is 10.0 Å². The number of carbonyl (C=O) groups excluding carboxylic acids is 1. The van der Waals surface area contributed by atoms with Gasteiger partial charge >= 0.3 is 0 Å². The van der Waals surface area contributed by atoms with E-state index in [2.05, 4.69) is 15.5 Å². The summed E-state index contributed by atoms with van der Waals surface area (Å²) in [4.78, 5) is 11.9. The van der Waals surface area contributed by atoms with Crippen LogP contribution in [0.1, 0.15) is 6.92 Å². The predicted molar refractivity (Wildman–Crippen MR) is 83.2 cm³/mol. The standard InChI is InChI=1S/C12H14Cl2N4O2S/c1-7(11(19)15-3-4-20-2)21-12-17-16-10-9(14)5-8(13)6-18(10)12/h5-7H,3-4H2,1-2H3,(H,15,19)/t7-/m0/s1. The third-order valence-electron chi connectivity index (χ3n) is 2.65. The highest BCUT2D eigenvalue weighted by Crippen LogP contribution is 2.27. The second kappa shape index (κ2) is 7.31. The van der Waals surface area contributed by atoms with Gasteiger partial charge in [0.2, 0.25) is 5.91 Å². The molecule has 21 heavy (non-hydrogen) atoms. The molecule has 114 valence electrons. The minimum Gasteiger partial charge on any atom is -0.383 e. The molecule has 0 unspecified atom stereocenters. The van der Waals surface area contributed by atoms with Crippen LogP contribution in [0, 0.1) is 0 Å². The molecule has 6 nitrogen and oxygen atoms in total. The van der Waals surface area contributed by atoms with Crippen molar-refractivity contribution in [1.29, 1.82) is 0 Å². The van der Waals surface area contributed by atoms with E-state index in [9.17, 15) is 4.79 Å². The first-order chi connectivity index (χ1) is 10.0. The first kappa shape index (κ1) is 16.4. The first-order valence-corrected chi connectivity index (χ1v) is 7.79. The molecule has 2 heterocycles. The fraction of sp³-hybridized carbons (Fsp3) is 0.417. The molecule has 0 aliphatic heterocycles. The van der Waals surface area contributed by atoms with Gasteiger partial charge in [0.25, 0.3) is 0 Å². The maximum absolute atomic E-state index is 11.9. The van der Waals surface area contributed by atoms with Gasteiger partial charge in [-0.2, -0.15) is 0 Å². The lowest BCUT2D eigenvalue weighted by atomic mass is 10.4. The number of hydrogen-bond acceptors (Lipinski definition) is 5. The number of hydrogen-bond donors (Lipinski definition) is 1. The van der Waals surface area contributed by atoms with Crippen molar-refractivity contribution >= 4 is 46.5 Å². The maximum atomic E-state index is 11.9. The molecule has 0 bridgehead atoms. The molecular weight excluding hydrogens is 335 g/mol. The molecule has 1 amide bonds. The van der Waals surface area contributed by atoms with Crippen molar-refractivity contribution in [2.75, 3.05) is 20.3 Å². The van der Waals surface area contributed by atoms with Crippen LogP contribution in [-0.4, -0.2) is 46.0 Å². The Kier molecular flexibility index (Phi) is 5.69. The topological polar surface area (TPSA) is 68.5 Å². The zero-order valence-corrected chi connectivity index (χ0v) is 13.8. The Labute approximate surface area is 136 Å². The summed E-state index contributed by atoms with van der Waals surface area (Å²) in [6.45, 7) is 2.74. The van der Waals surface area contributed by atoms with Gasteiger partial charge in [-0.25, -0.2) is 0 Å². The van der Waals surface area contributed by atoms with Gasteiger partial charge < -0.3 is 10.1 Å². The molecule has 9 heteroatoms. The molecule has 1 atom stereocenters. The van der Waals surface area contributed by atoms with Crippen molar-refractivity contribution in [3.05, 3.63) is 22.3 Å². The molecule has 2 rings (SSSR count). The number of amides is 1. The first-order valence-electron chi connectivity index (χ1n) is 6.16. The average molecular weight is 349 g/mol. The zero-order valence-electron chi connectivity index (χ0n) is 11.5. The van der Waals surface area contributed by atoms with Gasteiger partial charge in [-0.1, -0.05) is 35.0 Å². The summed E-state index contributed by atoms with van der Waals surface area (Å²) in [6, 6.07) is 1.60. The van der Waals surface area contributed by atoms with Crippen molar-refractivity contribution < 1.29 is 9.53 Å². The number of nitrogens with one attached hydrogen (secondary N) is 1. The van der Waals surface area contributed by atoms with Crippen LogP contribution in [0.3, 0.4) is 0 Å². The maximum Gasteiger partial charge on any atom is 0.233 e. The SMILES string of the molecule is COCCNC(=O)[C@H](C)Sc1nnc2c(Cl)cc(Cl)cn12. The monoisotopic (exact) mass is 348 g/mol. The van der Waals surface area contributed by atoms with Gasteiger partial charge in [0.15, 0.2) is 10.8 Å². The van der Waals surface area contributed by atoms with Crippen molar-refractivity contribution in [3.63, 3.8) is 0 Å².